The molecule has 5 rings (SSSR count). The third kappa shape index (κ3) is 3.59. The Morgan fingerprint density at radius 2 is 1.84 bits per heavy atom. The molecule has 1 amide bonds. The average molecular weight is 474 g/mol. The van der Waals surface area contributed by atoms with Crippen LogP contribution in [0.2, 0.25) is 0 Å². The fourth-order valence-electron chi connectivity index (χ4n) is 3.33. The highest BCUT2D eigenvalue weighted by atomic mass is 79.9. The number of para-hydroxylation sites is 1. The highest BCUT2D eigenvalue weighted by Gasteiger charge is 2.18. The summed E-state index contributed by atoms with van der Waals surface area (Å²) in [6.45, 7) is 1.86. The molecule has 31 heavy (non-hydrogen) atoms. The van der Waals surface area contributed by atoms with E-state index in [1.807, 2.05) is 49.4 Å². The fraction of sp³-hybridized carbons (Fsp3) is 0.0455. The monoisotopic (exact) mass is 473 g/mol. The van der Waals surface area contributed by atoms with Crippen LogP contribution in [-0.2, 0) is 0 Å². The number of carbonyl (C=O) groups excluding carboxylic acids is 1. The molecule has 0 unspecified atom stereocenters. The maximum absolute atomic E-state index is 12.8. The van der Waals surface area contributed by atoms with Gasteiger partial charge in [-0.1, -0.05) is 40.2 Å². The van der Waals surface area contributed by atoms with E-state index < -0.39 is 0 Å². The topological polar surface area (TPSA) is 90.5 Å². The molecule has 0 fully saturated rings. The van der Waals surface area contributed by atoms with Gasteiger partial charge in [-0.15, -0.1) is 0 Å². The zero-order valence-corrected chi connectivity index (χ0v) is 18.0. The molecule has 2 aromatic carbocycles. The SMILES string of the molecule is Cc1cc(NC(=O)c2cccc(Br)c2)n(-c2ncnc3c2cnn3-c2ccccc2)n1. The van der Waals surface area contributed by atoms with Crippen LogP contribution in [0.3, 0.4) is 0 Å². The van der Waals surface area contributed by atoms with Crippen LogP contribution in [0.15, 0.2) is 77.7 Å². The molecule has 0 saturated carbocycles. The van der Waals surface area contributed by atoms with E-state index in [0.29, 0.717) is 28.2 Å². The van der Waals surface area contributed by atoms with Crippen LogP contribution in [0, 0.1) is 6.92 Å². The van der Waals surface area contributed by atoms with E-state index in [1.165, 1.54) is 6.33 Å². The number of benzene rings is 2. The molecule has 152 valence electrons. The van der Waals surface area contributed by atoms with E-state index in [4.69, 9.17) is 0 Å². The number of aromatic nitrogens is 6. The summed E-state index contributed by atoms with van der Waals surface area (Å²) in [6, 6.07) is 18.7. The van der Waals surface area contributed by atoms with Crippen LogP contribution < -0.4 is 5.32 Å². The molecular formula is C22H16BrN7O. The summed E-state index contributed by atoms with van der Waals surface area (Å²) in [5, 5.41) is 12.7. The molecule has 0 radical (unpaired) electrons. The Morgan fingerprint density at radius 1 is 1.00 bits per heavy atom. The maximum Gasteiger partial charge on any atom is 0.256 e. The van der Waals surface area contributed by atoms with Gasteiger partial charge in [-0.2, -0.15) is 14.9 Å². The van der Waals surface area contributed by atoms with Crippen LogP contribution in [-0.4, -0.2) is 35.4 Å². The number of carbonyl (C=O) groups is 1. The molecule has 0 aliphatic heterocycles. The highest BCUT2D eigenvalue weighted by Crippen LogP contribution is 2.24. The smallest absolute Gasteiger partial charge is 0.256 e. The van der Waals surface area contributed by atoms with Gasteiger partial charge in [0, 0.05) is 16.1 Å². The van der Waals surface area contributed by atoms with Crippen LogP contribution >= 0.6 is 15.9 Å². The summed E-state index contributed by atoms with van der Waals surface area (Å²) in [4.78, 5) is 21.6. The summed E-state index contributed by atoms with van der Waals surface area (Å²) >= 11 is 3.40. The molecule has 9 heteroatoms. The van der Waals surface area contributed by atoms with Crippen LogP contribution in [0.25, 0.3) is 22.5 Å². The minimum atomic E-state index is -0.243. The van der Waals surface area contributed by atoms with Crippen molar-refractivity contribution >= 4 is 38.7 Å². The molecule has 0 aliphatic rings. The van der Waals surface area contributed by atoms with Gasteiger partial charge in [-0.3, -0.25) is 4.79 Å². The highest BCUT2D eigenvalue weighted by molar-refractivity contribution is 9.10. The Morgan fingerprint density at radius 3 is 2.65 bits per heavy atom. The van der Waals surface area contributed by atoms with E-state index in [-0.39, 0.29) is 5.91 Å². The Bertz CT molecular complexity index is 1410. The molecule has 0 spiro atoms. The molecule has 3 aromatic heterocycles. The van der Waals surface area contributed by atoms with Gasteiger partial charge in [0.15, 0.2) is 11.5 Å². The minimum absolute atomic E-state index is 0.243. The van der Waals surface area contributed by atoms with Crippen molar-refractivity contribution in [1.82, 2.24) is 29.5 Å². The number of aryl methyl sites for hydroxylation is 1. The van der Waals surface area contributed by atoms with E-state index >= 15 is 0 Å². The largest absolute Gasteiger partial charge is 0.306 e. The number of hydrogen-bond acceptors (Lipinski definition) is 5. The Balaban J connectivity index is 1.57. The number of halogens is 1. The van der Waals surface area contributed by atoms with Gasteiger partial charge in [0.2, 0.25) is 0 Å². The quantitative estimate of drug-likeness (QED) is 0.419. The molecule has 1 N–H and O–H groups in total. The van der Waals surface area contributed by atoms with Gasteiger partial charge in [0.05, 0.1) is 23.0 Å². The predicted octanol–water partition coefficient (Wildman–Crippen LogP) is 4.32. The lowest BCUT2D eigenvalue weighted by Gasteiger charge is -2.09. The van der Waals surface area contributed by atoms with Gasteiger partial charge in [0.1, 0.15) is 12.1 Å². The van der Waals surface area contributed by atoms with Crippen LogP contribution in [0.1, 0.15) is 16.1 Å². The number of nitrogens with one attached hydrogen (secondary N) is 1. The molecule has 0 bridgehead atoms. The van der Waals surface area contributed by atoms with E-state index in [1.54, 1.807) is 33.8 Å². The number of rotatable bonds is 4. The molecule has 0 saturated heterocycles. The predicted molar refractivity (Wildman–Crippen MR) is 121 cm³/mol. The molecule has 8 nitrogen and oxygen atoms in total. The van der Waals surface area contributed by atoms with Crippen molar-refractivity contribution in [3.8, 4) is 11.5 Å². The second kappa shape index (κ2) is 7.77. The third-order valence-corrected chi connectivity index (χ3v) is 5.20. The number of nitrogens with zero attached hydrogens (tertiary/aromatic N) is 6. The van der Waals surface area contributed by atoms with E-state index in [2.05, 4.69) is 41.4 Å². The number of fused-ring (bicyclic) bond motifs is 1. The van der Waals surface area contributed by atoms with Crippen LogP contribution in [0.5, 0.6) is 0 Å². The first kappa shape index (κ1) is 19.1. The summed E-state index contributed by atoms with van der Waals surface area (Å²) in [6.07, 6.45) is 3.17. The van der Waals surface area contributed by atoms with Gasteiger partial charge in [0.25, 0.3) is 5.91 Å². The van der Waals surface area contributed by atoms with Crippen molar-refractivity contribution in [2.24, 2.45) is 0 Å². The molecule has 5 aromatic rings. The Hall–Kier alpha value is -3.85. The first-order valence-corrected chi connectivity index (χ1v) is 10.3. The van der Waals surface area contributed by atoms with E-state index in [9.17, 15) is 4.79 Å². The second-order valence-electron chi connectivity index (χ2n) is 6.87. The Labute approximate surface area is 185 Å². The minimum Gasteiger partial charge on any atom is -0.306 e. The lowest BCUT2D eigenvalue weighted by molar-refractivity contribution is 0.102. The summed E-state index contributed by atoms with van der Waals surface area (Å²) in [5.41, 5.74) is 2.81. The third-order valence-electron chi connectivity index (χ3n) is 4.71. The second-order valence-corrected chi connectivity index (χ2v) is 7.79. The normalized spacial score (nSPS) is 11.0. The van der Waals surface area contributed by atoms with Crippen molar-refractivity contribution in [2.75, 3.05) is 5.32 Å². The van der Waals surface area contributed by atoms with Crippen molar-refractivity contribution in [3.63, 3.8) is 0 Å². The van der Waals surface area contributed by atoms with Gasteiger partial charge in [-0.25, -0.2) is 14.6 Å². The lowest BCUT2D eigenvalue weighted by Crippen LogP contribution is -2.15. The van der Waals surface area contributed by atoms with Crippen molar-refractivity contribution in [1.29, 1.82) is 0 Å². The van der Waals surface area contributed by atoms with Gasteiger partial charge < -0.3 is 5.32 Å². The fourth-order valence-corrected chi connectivity index (χ4v) is 3.73. The number of amides is 1. The molecule has 0 aliphatic carbocycles. The lowest BCUT2D eigenvalue weighted by atomic mass is 10.2. The zero-order valence-electron chi connectivity index (χ0n) is 16.4. The first-order chi connectivity index (χ1) is 15.1. The van der Waals surface area contributed by atoms with Gasteiger partial charge in [-0.05, 0) is 37.3 Å². The van der Waals surface area contributed by atoms with Crippen molar-refractivity contribution in [3.05, 3.63) is 88.9 Å². The first-order valence-electron chi connectivity index (χ1n) is 9.48. The summed E-state index contributed by atoms with van der Waals surface area (Å²) in [5.74, 6) is 0.799. The number of anilines is 1. The Kier molecular flexibility index (Phi) is 4.79. The van der Waals surface area contributed by atoms with Crippen molar-refractivity contribution < 1.29 is 4.79 Å². The van der Waals surface area contributed by atoms with Crippen LogP contribution in [0.4, 0.5) is 5.82 Å². The van der Waals surface area contributed by atoms with E-state index in [0.717, 1.165) is 15.9 Å². The maximum atomic E-state index is 12.8. The zero-order chi connectivity index (χ0) is 21.4. The summed E-state index contributed by atoms with van der Waals surface area (Å²) in [7, 11) is 0. The van der Waals surface area contributed by atoms with Gasteiger partial charge >= 0.3 is 0 Å². The number of hydrogen-bond donors (Lipinski definition) is 1. The summed E-state index contributed by atoms with van der Waals surface area (Å²) < 4.78 is 4.18. The standard InChI is InChI=1S/C22H16BrN7O/c1-14-10-19(27-22(31)15-6-5-7-16(23)11-15)30(28-14)21-18-12-26-29(20(18)24-13-25-21)17-8-3-2-4-9-17/h2-13H,1H3,(H,27,31). The molecular weight excluding hydrogens is 458 g/mol. The molecule has 0 atom stereocenters. The van der Waals surface area contributed by atoms with Crippen molar-refractivity contribution in [2.45, 2.75) is 6.92 Å². The molecule has 3 heterocycles. The average Bonchev–Trinajstić information content (AvgIpc) is 3.37.